The summed E-state index contributed by atoms with van der Waals surface area (Å²) in [6.07, 6.45) is 2.49. The molecule has 0 radical (unpaired) electrons. The molecule has 0 spiro atoms. The molecule has 0 aromatic heterocycles. The molecule has 0 aliphatic rings. The van der Waals surface area contributed by atoms with Crippen LogP contribution in [0.5, 0.6) is 0 Å². The molecule has 1 aromatic carbocycles. The van der Waals surface area contributed by atoms with Crippen LogP contribution in [-0.2, 0) is 31.7 Å². The van der Waals surface area contributed by atoms with Crippen molar-refractivity contribution in [1.82, 2.24) is 0 Å². The van der Waals surface area contributed by atoms with E-state index < -0.39 is 21.3 Å². The molecule has 0 saturated heterocycles. The molecule has 0 heterocycles. The third-order valence-corrected chi connectivity index (χ3v) is 7.48. The maximum absolute atomic E-state index is 13.7. The van der Waals surface area contributed by atoms with Crippen molar-refractivity contribution in [3.63, 3.8) is 0 Å². The molecule has 1 aromatic rings. The molecule has 10 heteroatoms. The van der Waals surface area contributed by atoms with Crippen molar-refractivity contribution in [3.05, 3.63) is 34.9 Å². The number of benzene rings is 1. The SMILES string of the molecule is CCCOP(=O)(OCCC)OC(c1ccc(Cl)cc1)P(=O)(OCCC)OCCC. The van der Waals surface area contributed by atoms with Crippen LogP contribution in [-0.4, -0.2) is 26.4 Å². The van der Waals surface area contributed by atoms with Gasteiger partial charge in [-0.2, -0.15) is 0 Å². The quantitative estimate of drug-likeness (QED) is 0.233. The highest BCUT2D eigenvalue weighted by Crippen LogP contribution is 2.68. The van der Waals surface area contributed by atoms with E-state index in [-0.39, 0.29) is 26.4 Å². The van der Waals surface area contributed by atoms with E-state index in [2.05, 4.69) is 0 Å². The lowest BCUT2D eigenvalue weighted by atomic mass is 10.2. The molecule has 0 amide bonds. The summed E-state index contributed by atoms with van der Waals surface area (Å²) < 4.78 is 54.8. The van der Waals surface area contributed by atoms with Crippen LogP contribution in [0.4, 0.5) is 0 Å². The summed E-state index contributed by atoms with van der Waals surface area (Å²) in [5.74, 6) is -1.28. The topological polar surface area (TPSA) is 80.3 Å². The van der Waals surface area contributed by atoms with E-state index >= 15 is 0 Å². The van der Waals surface area contributed by atoms with Crippen LogP contribution in [0.3, 0.4) is 0 Å². The van der Waals surface area contributed by atoms with Gasteiger partial charge in [-0.1, -0.05) is 51.4 Å². The van der Waals surface area contributed by atoms with Gasteiger partial charge in [0.05, 0.1) is 26.4 Å². The molecule has 29 heavy (non-hydrogen) atoms. The van der Waals surface area contributed by atoms with E-state index in [9.17, 15) is 9.13 Å². The number of hydrogen-bond acceptors (Lipinski definition) is 7. The number of halogens is 1. The van der Waals surface area contributed by atoms with Crippen molar-refractivity contribution in [2.75, 3.05) is 26.4 Å². The highest BCUT2D eigenvalue weighted by atomic mass is 35.5. The van der Waals surface area contributed by atoms with E-state index in [4.69, 9.17) is 34.2 Å². The van der Waals surface area contributed by atoms with Gasteiger partial charge in [0, 0.05) is 5.02 Å². The summed E-state index contributed by atoms with van der Waals surface area (Å²) in [5.41, 5.74) is 0.449. The molecule has 0 aliphatic heterocycles. The van der Waals surface area contributed by atoms with E-state index in [1.165, 1.54) is 0 Å². The summed E-state index contributed by atoms with van der Waals surface area (Å²) in [6, 6.07) is 6.52. The number of phosphoric ester groups is 1. The Morgan fingerprint density at radius 1 is 0.759 bits per heavy atom. The van der Waals surface area contributed by atoms with E-state index in [0.717, 1.165) is 0 Å². The minimum Gasteiger partial charge on any atom is -0.307 e. The van der Waals surface area contributed by atoms with Crippen LogP contribution in [0.15, 0.2) is 24.3 Å². The van der Waals surface area contributed by atoms with Crippen molar-refractivity contribution < 1.29 is 31.7 Å². The zero-order valence-electron chi connectivity index (χ0n) is 17.7. The number of rotatable bonds is 16. The second-order valence-electron chi connectivity index (χ2n) is 6.33. The van der Waals surface area contributed by atoms with Gasteiger partial charge < -0.3 is 9.05 Å². The van der Waals surface area contributed by atoms with Gasteiger partial charge in [0.15, 0.2) is 5.85 Å². The molecule has 0 aliphatic carbocycles. The van der Waals surface area contributed by atoms with E-state index in [1.807, 2.05) is 27.7 Å². The molecule has 0 fully saturated rings. The summed E-state index contributed by atoms with van der Waals surface area (Å²) in [6.45, 7) is 8.27. The first-order valence-electron chi connectivity index (χ1n) is 10.1. The number of hydrogen-bond donors (Lipinski definition) is 0. The number of phosphoric acid groups is 1. The second kappa shape index (κ2) is 14.0. The molecule has 7 nitrogen and oxygen atoms in total. The third kappa shape index (κ3) is 9.20. The smallest absolute Gasteiger partial charge is 0.307 e. The molecule has 168 valence electrons. The van der Waals surface area contributed by atoms with Gasteiger partial charge in [0.1, 0.15) is 0 Å². The lowest BCUT2D eigenvalue weighted by Crippen LogP contribution is -2.13. The van der Waals surface area contributed by atoms with Gasteiger partial charge in [-0.15, -0.1) is 0 Å². The van der Waals surface area contributed by atoms with Crippen LogP contribution in [0.25, 0.3) is 0 Å². The summed E-state index contributed by atoms with van der Waals surface area (Å²) in [5, 5.41) is 0.499. The Hall–Kier alpha value is -0.230. The van der Waals surface area contributed by atoms with Gasteiger partial charge >= 0.3 is 15.4 Å². The highest BCUT2D eigenvalue weighted by molar-refractivity contribution is 7.55. The molecule has 0 N–H and O–H groups in total. The fourth-order valence-electron chi connectivity index (χ4n) is 2.16. The predicted molar refractivity (Wildman–Crippen MR) is 115 cm³/mol. The Bertz CT molecular complexity index is 645. The van der Waals surface area contributed by atoms with Crippen molar-refractivity contribution in [1.29, 1.82) is 0 Å². The van der Waals surface area contributed by atoms with Crippen molar-refractivity contribution in [2.24, 2.45) is 0 Å². The highest BCUT2D eigenvalue weighted by Gasteiger charge is 2.44. The van der Waals surface area contributed by atoms with E-state index in [1.54, 1.807) is 24.3 Å². The van der Waals surface area contributed by atoms with Gasteiger partial charge in [-0.3, -0.25) is 18.1 Å². The average molecular weight is 471 g/mol. The molecule has 0 saturated carbocycles. The van der Waals surface area contributed by atoms with Crippen LogP contribution in [0.2, 0.25) is 5.02 Å². The first-order valence-corrected chi connectivity index (χ1v) is 13.5. The van der Waals surface area contributed by atoms with Crippen LogP contribution >= 0.6 is 27.0 Å². The summed E-state index contributed by atoms with van der Waals surface area (Å²) in [7, 11) is -7.87. The van der Waals surface area contributed by atoms with E-state index in [0.29, 0.717) is 36.3 Å². The lowest BCUT2D eigenvalue weighted by Gasteiger charge is -2.29. The Morgan fingerprint density at radius 3 is 1.59 bits per heavy atom. The van der Waals surface area contributed by atoms with Crippen LogP contribution in [0, 0.1) is 0 Å². The minimum atomic E-state index is -4.01. The maximum Gasteiger partial charge on any atom is 0.476 e. The first-order chi connectivity index (χ1) is 13.8. The van der Waals surface area contributed by atoms with Crippen LogP contribution < -0.4 is 0 Å². The lowest BCUT2D eigenvalue weighted by molar-refractivity contribution is 0.0822. The summed E-state index contributed by atoms with van der Waals surface area (Å²) in [4.78, 5) is 0. The third-order valence-electron chi connectivity index (χ3n) is 3.53. The Kier molecular flexibility index (Phi) is 12.9. The Morgan fingerprint density at radius 2 is 1.17 bits per heavy atom. The first kappa shape index (κ1) is 26.8. The van der Waals surface area contributed by atoms with Crippen molar-refractivity contribution in [2.45, 2.75) is 59.2 Å². The largest absolute Gasteiger partial charge is 0.476 e. The molecular weight excluding hydrogens is 438 g/mol. The Labute approximate surface area is 179 Å². The van der Waals surface area contributed by atoms with Gasteiger partial charge in [-0.05, 0) is 43.4 Å². The van der Waals surface area contributed by atoms with Crippen LogP contribution in [0.1, 0.15) is 64.8 Å². The van der Waals surface area contributed by atoms with Gasteiger partial charge in [0.25, 0.3) is 0 Å². The fourth-order valence-corrected chi connectivity index (χ4v) is 6.23. The normalized spacial score (nSPS) is 13.6. The second-order valence-corrected chi connectivity index (χ2v) is 10.5. The monoisotopic (exact) mass is 470 g/mol. The molecule has 0 bridgehead atoms. The fraction of sp³-hybridized carbons (Fsp3) is 0.684. The van der Waals surface area contributed by atoms with Gasteiger partial charge in [-0.25, -0.2) is 4.57 Å². The van der Waals surface area contributed by atoms with Crippen molar-refractivity contribution in [3.8, 4) is 0 Å². The maximum atomic E-state index is 13.7. The molecule has 1 unspecified atom stereocenters. The molecule has 1 rings (SSSR count). The van der Waals surface area contributed by atoms with Gasteiger partial charge in [0.2, 0.25) is 0 Å². The average Bonchev–Trinajstić information content (AvgIpc) is 2.72. The summed E-state index contributed by atoms with van der Waals surface area (Å²) >= 11 is 5.99. The van der Waals surface area contributed by atoms with Crippen molar-refractivity contribution >= 4 is 27.0 Å². The predicted octanol–water partition coefficient (Wildman–Crippen LogP) is 7.36. The molecule has 1 atom stereocenters. The minimum absolute atomic E-state index is 0.171. The Balaban J connectivity index is 3.34. The zero-order valence-corrected chi connectivity index (χ0v) is 20.2. The molecular formula is C19H33ClO7P2. The standard InChI is InChI=1S/C19H33ClO7P2/c1-5-13-23-28(21,24-14-6-2)19(17-9-11-18(20)12-10-17)27-29(22,25-15-7-3)26-16-8-4/h9-12,19H,5-8,13-16H2,1-4H3. The zero-order chi connectivity index (χ0) is 21.8.